The fourth-order valence-electron chi connectivity index (χ4n) is 5.18. The molecule has 0 bridgehead atoms. The molecule has 0 aliphatic heterocycles. The molecule has 8 heteroatoms. The summed E-state index contributed by atoms with van der Waals surface area (Å²) in [6.07, 6.45) is 0.113. The second-order valence-electron chi connectivity index (χ2n) is 10.2. The highest BCUT2D eigenvalue weighted by Crippen LogP contribution is 2.36. The smallest absolute Gasteiger partial charge is 0.327 e. The lowest BCUT2D eigenvalue weighted by molar-refractivity contribution is -0.138. The van der Waals surface area contributed by atoms with Gasteiger partial charge in [-0.05, 0) is 39.9 Å². The fourth-order valence-corrected chi connectivity index (χ4v) is 5.42. The molecule has 43 heavy (non-hydrogen) atoms. The molecule has 5 nitrogen and oxygen atoms in total. The van der Waals surface area contributed by atoms with Gasteiger partial charge in [-0.25, -0.2) is 13.6 Å². The Morgan fingerprint density at radius 1 is 0.791 bits per heavy atom. The van der Waals surface area contributed by atoms with E-state index in [0.717, 1.165) is 55.8 Å². The molecule has 6 aromatic rings. The molecule has 0 unspecified atom stereocenters. The summed E-state index contributed by atoms with van der Waals surface area (Å²) < 4.78 is 35.2. The van der Waals surface area contributed by atoms with Crippen molar-refractivity contribution in [1.82, 2.24) is 5.32 Å². The Labute approximate surface area is 251 Å². The number of carbonyl (C=O) groups excluding carboxylic acids is 1. The van der Waals surface area contributed by atoms with Crippen LogP contribution in [-0.2, 0) is 11.2 Å². The van der Waals surface area contributed by atoms with Crippen molar-refractivity contribution in [3.63, 3.8) is 0 Å². The number of hydrogen-bond donors (Lipinski definition) is 3. The van der Waals surface area contributed by atoms with Crippen molar-refractivity contribution in [2.24, 2.45) is 0 Å². The standard InChI is InChI=1S/C35H25F2NO4S/c36-29-18-30(37)28(34(39)38-31(19-43)35(40)41)17-24(29)16-20-8-10-21(11-9-20)22-12-14-23(15-13-22)25-5-3-6-27-26-4-1-2-7-32(26)42-33(25)27/h1-15,17-18,31,43H,16,19H2,(H,38,39)(H,40,41)/t31-/m0/s1. The van der Waals surface area contributed by atoms with Crippen molar-refractivity contribution in [1.29, 1.82) is 0 Å². The van der Waals surface area contributed by atoms with Crippen molar-refractivity contribution in [2.75, 3.05) is 5.75 Å². The number of rotatable bonds is 8. The third-order valence-electron chi connectivity index (χ3n) is 7.45. The zero-order chi connectivity index (χ0) is 30.1. The van der Waals surface area contributed by atoms with Gasteiger partial charge in [0.05, 0.1) is 5.56 Å². The molecule has 214 valence electrons. The molecule has 0 aliphatic rings. The van der Waals surface area contributed by atoms with Crippen LogP contribution in [0.1, 0.15) is 21.5 Å². The number of thiol groups is 1. The number of fused-ring (bicyclic) bond motifs is 3. The molecule has 2 N–H and O–H groups in total. The van der Waals surface area contributed by atoms with Crippen molar-refractivity contribution >= 4 is 46.4 Å². The Kier molecular flexibility index (Phi) is 7.69. The number of amides is 1. The minimum atomic E-state index is -1.30. The first-order valence-corrected chi connectivity index (χ1v) is 14.2. The van der Waals surface area contributed by atoms with Gasteiger partial charge in [-0.1, -0.05) is 84.9 Å². The number of benzene rings is 5. The van der Waals surface area contributed by atoms with Crippen LogP contribution in [-0.4, -0.2) is 28.8 Å². The Hall–Kier alpha value is -4.95. The molecule has 5 aromatic carbocycles. The Morgan fingerprint density at radius 3 is 2.14 bits per heavy atom. The predicted octanol–water partition coefficient (Wildman–Crippen LogP) is 7.90. The molecule has 1 aromatic heterocycles. The summed E-state index contributed by atoms with van der Waals surface area (Å²) in [6.45, 7) is 0. The maximum absolute atomic E-state index is 14.6. The minimum absolute atomic E-state index is 0.112. The lowest BCUT2D eigenvalue weighted by atomic mass is 9.97. The summed E-state index contributed by atoms with van der Waals surface area (Å²) in [5, 5.41) is 13.5. The van der Waals surface area contributed by atoms with Crippen LogP contribution in [0.4, 0.5) is 8.78 Å². The summed E-state index contributed by atoms with van der Waals surface area (Å²) in [5.74, 6) is -4.29. The van der Waals surface area contributed by atoms with E-state index in [-0.39, 0.29) is 17.7 Å². The second-order valence-corrected chi connectivity index (χ2v) is 10.6. The summed E-state index contributed by atoms with van der Waals surface area (Å²) in [5.41, 5.74) is 6.13. The van der Waals surface area contributed by atoms with Crippen LogP contribution in [0.3, 0.4) is 0 Å². The van der Waals surface area contributed by atoms with E-state index < -0.39 is 35.1 Å². The highest BCUT2D eigenvalue weighted by Gasteiger charge is 2.22. The van der Waals surface area contributed by atoms with Crippen molar-refractivity contribution in [3.05, 3.63) is 131 Å². The average molecular weight is 594 g/mol. The van der Waals surface area contributed by atoms with Gasteiger partial charge in [-0.2, -0.15) is 12.6 Å². The molecule has 1 atom stereocenters. The zero-order valence-electron chi connectivity index (χ0n) is 22.7. The van der Waals surface area contributed by atoms with E-state index in [9.17, 15) is 18.4 Å². The maximum atomic E-state index is 14.6. The summed E-state index contributed by atoms with van der Waals surface area (Å²) in [6, 6.07) is 30.3. The van der Waals surface area contributed by atoms with Crippen LogP contribution in [0.25, 0.3) is 44.2 Å². The van der Waals surface area contributed by atoms with E-state index >= 15 is 0 Å². The summed E-state index contributed by atoms with van der Waals surface area (Å²) >= 11 is 3.90. The molecular formula is C35H25F2NO4S. The molecule has 0 saturated carbocycles. The Bertz CT molecular complexity index is 1980. The highest BCUT2D eigenvalue weighted by molar-refractivity contribution is 7.80. The van der Waals surface area contributed by atoms with Gasteiger partial charge in [-0.15, -0.1) is 0 Å². The fraction of sp³-hybridized carbons (Fsp3) is 0.0857. The number of aliphatic carboxylic acids is 1. The van der Waals surface area contributed by atoms with E-state index in [1.54, 1.807) is 0 Å². The van der Waals surface area contributed by atoms with Crippen LogP contribution in [0.5, 0.6) is 0 Å². The monoisotopic (exact) mass is 593 g/mol. The van der Waals surface area contributed by atoms with Crippen molar-refractivity contribution in [3.8, 4) is 22.3 Å². The normalized spacial score (nSPS) is 12.0. The number of furan rings is 1. The van der Waals surface area contributed by atoms with E-state index in [1.165, 1.54) is 0 Å². The Balaban J connectivity index is 1.21. The van der Waals surface area contributed by atoms with E-state index in [1.807, 2.05) is 78.9 Å². The molecule has 0 radical (unpaired) electrons. The lowest BCUT2D eigenvalue weighted by Crippen LogP contribution is -2.42. The quantitative estimate of drug-likeness (QED) is 0.157. The van der Waals surface area contributed by atoms with Crippen LogP contribution < -0.4 is 5.32 Å². The molecule has 0 saturated heterocycles. The molecule has 0 fully saturated rings. The third kappa shape index (κ3) is 5.61. The van der Waals surface area contributed by atoms with Crippen molar-refractivity contribution < 1.29 is 27.9 Å². The number of carboxylic acids is 1. The van der Waals surface area contributed by atoms with Crippen LogP contribution in [0.2, 0.25) is 0 Å². The minimum Gasteiger partial charge on any atom is -0.480 e. The number of carboxylic acid groups (broad SMARTS) is 1. The number of carbonyl (C=O) groups is 2. The number of halogens is 2. The predicted molar refractivity (Wildman–Crippen MR) is 166 cm³/mol. The zero-order valence-corrected chi connectivity index (χ0v) is 23.6. The highest BCUT2D eigenvalue weighted by atomic mass is 32.1. The third-order valence-corrected chi connectivity index (χ3v) is 7.81. The van der Waals surface area contributed by atoms with Gasteiger partial charge in [-0.3, -0.25) is 4.79 Å². The van der Waals surface area contributed by atoms with E-state index in [4.69, 9.17) is 9.52 Å². The van der Waals surface area contributed by atoms with Gasteiger partial charge in [0.25, 0.3) is 5.91 Å². The summed E-state index contributed by atoms with van der Waals surface area (Å²) in [4.78, 5) is 23.7. The molecule has 0 spiro atoms. The maximum Gasteiger partial charge on any atom is 0.327 e. The lowest BCUT2D eigenvalue weighted by Gasteiger charge is -2.13. The molecule has 0 aliphatic carbocycles. The average Bonchev–Trinajstić information content (AvgIpc) is 3.40. The topological polar surface area (TPSA) is 79.5 Å². The van der Waals surface area contributed by atoms with Gasteiger partial charge < -0.3 is 14.8 Å². The number of nitrogens with one attached hydrogen (secondary N) is 1. The molecule has 1 heterocycles. The van der Waals surface area contributed by atoms with Gasteiger partial charge in [0.2, 0.25) is 0 Å². The molecule has 6 rings (SSSR count). The first kappa shape index (κ1) is 28.2. The molecule has 1 amide bonds. The molecular weight excluding hydrogens is 568 g/mol. The van der Waals surface area contributed by atoms with E-state index in [2.05, 4.69) is 30.1 Å². The number of hydrogen-bond acceptors (Lipinski definition) is 4. The van der Waals surface area contributed by atoms with Gasteiger partial charge in [0.15, 0.2) is 0 Å². The largest absolute Gasteiger partial charge is 0.480 e. The van der Waals surface area contributed by atoms with Crippen LogP contribution in [0.15, 0.2) is 108 Å². The van der Waals surface area contributed by atoms with Gasteiger partial charge in [0, 0.05) is 34.6 Å². The van der Waals surface area contributed by atoms with Crippen molar-refractivity contribution in [2.45, 2.75) is 12.5 Å². The first-order chi connectivity index (χ1) is 20.8. The summed E-state index contributed by atoms with van der Waals surface area (Å²) in [7, 11) is 0. The van der Waals surface area contributed by atoms with Gasteiger partial charge >= 0.3 is 5.97 Å². The van der Waals surface area contributed by atoms with E-state index in [0.29, 0.717) is 6.07 Å². The van der Waals surface area contributed by atoms with Gasteiger partial charge in [0.1, 0.15) is 28.8 Å². The van der Waals surface area contributed by atoms with Crippen LogP contribution >= 0.6 is 12.6 Å². The first-order valence-electron chi connectivity index (χ1n) is 13.5. The SMILES string of the molecule is O=C(N[C@@H](CS)C(=O)O)c1cc(Cc2ccc(-c3ccc(-c4cccc5c4oc4ccccc45)cc3)cc2)c(F)cc1F. The van der Waals surface area contributed by atoms with Crippen LogP contribution in [0, 0.1) is 11.6 Å². The Morgan fingerprint density at radius 2 is 1.44 bits per heavy atom. The number of para-hydroxylation sites is 2. The second kappa shape index (κ2) is 11.7.